The highest BCUT2D eigenvalue weighted by molar-refractivity contribution is 7.92. The molecule has 0 spiro atoms. The van der Waals surface area contributed by atoms with Crippen LogP contribution in [0.2, 0.25) is 0 Å². The van der Waals surface area contributed by atoms with Crippen LogP contribution in [0.25, 0.3) is 0 Å². The quantitative estimate of drug-likeness (QED) is 0.630. The first-order valence-corrected chi connectivity index (χ1v) is 10.2. The molecular formula is C18H21ClN2O4S. The van der Waals surface area contributed by atoms with Crippen molar-refractivity contribution in [2.75, 3.05) is 22.5 Å². The van der Waals surface area contributed by atoms with Crippen LogP contribution in [0.4, 0.5) is 11.4 Å². The smallest absolute Gasteiger partial charge is 0.261 e. The van der Waals surface area contributed by atoms with Gasteiger partial charge in [-0.05, 0) is 61.9 Å². The van der Waals surface area contributed by atoms with Crippen molar-refractivity contribution in [2.24, 2.45) is 0 Å². The maximum absolute atomic E-state index is 12.4. The predicted octanol–water partition coefficient (Wildman–Crippen LogP) is 3.84. The second-order valence-electron chi connectivity index (χ2n) is 5.43. The number of carbonyl (C=O) groups is 1. The lowest BCUT2D eigenvalue weighted by molar-refractivity contribution is -0.116. The molecule has 0 aromatic heterocycles. The van der Waals surface area contributed by atoms with E-state index in [-0.39, 0.29) is 10.8 Å². The van der Waals surface area contributed by atoms with Crippen molar-refractivity contribution in [3.63, 3.8) is 0 Å². The molecule has 0 saturated carbocycles. The highest BCUT2D eigenvalue weighted by Gasteiger charge is 2.14. The van der Waals surface area contributed by atoms with E-state index in [1.807, 2.05) is 6.92 Å². The highest BCUT2D eigenvalue weighted by Crippen LogP contribution is 2.21. The zero-order valence-corrected chi connectivity index (χ0v) is 15.9. The normalized spacial score (nSPS) is 11.0. The summed E-state index contributed by atoms with van der Waals surface area (Å²) in [6.07, 6.45) is 0.911. The Labute approximate surface area is 158 Å². The number of hydrogen-bond acceptors (Lipinski definition) is 4. The van der Waals surface area contributed by atoms with Crippen molar-refractivity contribution >= 4 is 38.9 Å². The van der Waals surface area contributed by atoms with Crippen LogP contribution in [-0.2, 0) is 14.8 Å². The van der Waals surface area contributed by atoms with Crippen molar-refractivity contribution in [3.05, 3.63) is 48.5 Å². The minimum Gasteiger partial charge on any atom is -0.494 e. The SMILES string of the molecule is CCOc1ccc(NS(=O)(=O)c2ccc(NC(=O)CCCCl)cc2)cc1. The van der Waals surface area contributed by atoms with Gasteiger partial charge in [0, 0.05) is 23.7 Å². The Hall–Kier alpha value is -2.25. The van der Waals surface area contributed by atoms with Crippen molar-refractivity contribution in [3.8, 4) is 5.75 Å². The Kier molecular flexibility index (Phi) is 7.29. The van der Waals surface area contributed by atoms with Gasteiger partial charge in [-0.15, -0.1) is 11.6 Å². The molecule has 2 aromatic carbocycles. The number of halogens is 1. The molecule has 0 radical (unpaired) electrons. The number of hydrogen-bond donors (Lipinski definition) is 2. The summed E-state index contributed by atoms with van der Waals surface area (Å²) in [5.74, 6) is 0.931. The van der Waals surface area contributed by atoms with Crippen LogP contribution in [0.15, 0.2) is 53.4 Å². The molecule has 0 aliphatic carbocycles. The van der Waals surface area contributed by atoms with Crippen LogP contribution in [0.1, 0.15) is 19.8 Å². The fraction of sp³-hybridized carbons (Fsp3) is 0.278. The maximum Gasteiger partial charge on any atom is 0.261 e. The lowest BCUT2D eigenvalue weighted by Gasteiger charge is -2.10. The van der Waals surface area contributed by atoms with Gasteiger partial charge in [-0.1, -0.05) is 0 Å². The maximum atomic E-state index is 12.4. The van der Waals surface area contributed by atoms with Gasteiger partial charge in [0.15, 0.2) is 0 Å². The van der Waals surface area contributed by atoms with Crippen LogP contribution in [0, 0.1) is 0 Å². The summed E-state index contributed by atoms with van der Waals surface area (Å²) in [5.41, 5.74) is 0.969. The van der Waals surface area contributed by atoms with Gasteiger partial charge in [0.2, 0.25) is 5.91 Å². The minimum absolute atomic E-state index is 0.102. The van der Waals surface area contributed by atoms with Gasteiger partial charge in [0.25, 0.3) is 10.0 Å². The average Bonchev–Trinajstić information content (AvgIpc) is 2.62. The number of alkyl halides is 1. The molecule has 8 heteroatoms. The third kappa shape index (κ3) is 5.93. The van der Waals surface area contributed by atoms with E-state index < -0.39 is 10.0 Å². The monoisotopic (exact) mass is 396 g/mol. The molecule has 0 saturated heterocycles. The van der Waals surface area contributed by atoms with E-state index in [9.17, 15) is 13.2 Å². The second kappa shape index (κ2) is 9.45. The van der Waals surface area contributed by atoms with Crippen molar-refractivity contribution in [1.29, 1.82) is 0 Å². The van der Waals surface area contributed by atoms with Gasteiger partial charge in [-0.3, -0.25) is 9.52 Å². The molecule has 0 aliphatic heterocycles. The summed E-state index contributed by atoms with van der Waals surface area (Å²) >= 11 is 5.55. The Morgan fingerprint density at radius 1 is 1.04 bits per heavy atom. The van der Waals surface area contributed by atoms with Crippen LogP contribution < -0.4 is 14.8 Å². The molecule has 2 N–H and O–H groups in total. The van der Waals surface area contributed by atoms with Crippen LogP contribution >= 0.6 is 11.6 Å². The molecular weight excluding hydrogens is 376 g/mol. The molecule has 2 aromatic rings. The van der Waals surface area contributed by atoms with Crippen LogP contribution in [-0.4, -0.2) is 26.8 Å². The van der Waals surface area contributed by atoms with E-state index in [0.717, 1.165) is 0 Å². The zero-order chi connectivity index (χ0) is 19.0. The standard InChI is InChI=1S/C18H21ClN2O4S/c1-2-25-16-9-5-15(6-10-16)21-26(23,24)17-11-7-14(8-12-17)20-18(22)4-3-13-19/h5-12,21H,2-4,13H2,1H3,(H,20,22). The molecule has 0 fully saturated rings. The Balaban J connectivity index is 2.03. The zero-order valence-electron chi connectivity index (χ0n) is 14.4. The molecule has 0 aliphatic rings. The molecule has 0 bridgehead atoms. The molecule has 140 valence electrons. The Morgan fingerprint density at radius 2 is 1.65 bits per heavy atom. The summed E-state index contributed by atoms with van der Waals surface area (Å²) in [6, 6.07) is 12.6. The summed E-state index contributed by atoms with van der Waals surface area (Å²) in [5, 5.41) is 2.70. The predicted molar refractivity (Wildman–Crippen MR) is 103 cm³/mol. The minimum atomic E-state index is -3.72. The van der Waals surface area contributed by atoms with E-state index in [1.54, 1.807) is 36.4 Å². The second-order valence-corrected chi connectivity index (χ2v) is 7.49. The molecule has 0 unspecified atom stereocenters. The molecule has 0 atom stereocenters. The lowest BCUT2D eigenvalue weighted by Crippen LogP contribution is -2.14. The van der Waals surface area contributed by atoms with E-state index in [1.165, 1.54) is 12.1 Å². The first kappa shape index (κ1) is 20.1. The molecule has 6 nitrogen and oxygen atoms in total. The average molecular weight is 397 g/mol. The number of ether oxygens (including phenoxy) is 1. The van der Waals surface area contributed by atoms with Gasteiger partial charge in [0.1, 0.15) is 5.75 Å². The number of sulfonamides is 1. The summed E-state index contributed by atoms with van der Waals surface area (Å²) < 4.78 is 32.7. The highest BCUT2D eigenvalue weighted by atomic mass is 35.5. The molecule has 2 rings (SSSR count). The Morgan fingerprint density at radius 3 is 2.23 bits per heavy atom. The van der Waals surface area contributed by atoms with E-state index in [4.69, 9.17) is 16.3 Å². The molecule has 1 amide bonds. The summed E-state index contributed by atoms with van der Waals surface area (Å²) in [6.45, 7) is 2.42. The largest absolute Gasteiger partial charge is 0.494 e. The number of amides is 1. The summed E-state index contributed by atoms with van der Waals surface area (Å²) in [7, 11) is -3.72. The third-order valence-corrected chi connectivity index (χ3v) is 5.07. The van der Waals surface area contributed by atoms with Gasteiger partial charge in [-0.25, -0.2) is 8.42 Å². The van der Waals surface area contributed by atoms with Crippen molar-refractivity contribution < 1.29 is 17.9 Å². The van der Waals surface area contributed by atoms with E-state index in [2.05, 4.69) is 10.0 Å². The Bertz CT molecular complexity index is 821. The number of nitrogens with one attached hydrogen (secondary N) is 2. The van der Waals surface area contributed by atoms with Crippen LogP contribution in [0.5, 0.6) is 5.75 Å². The molecule has 26 heavy (non-hydrogen) atoms. The number of benzene rings is 2. The third-order valence-electron chi connectivity index (χ3n) is 3.40. The van der Waals surface area contributed by atoms with Gasteiger partial charge < -0.3 is 10.1 Å². The first-order chi connectivity index (χ1) is 12.4. The van der Waals surface area contributed by atoms with Gasteiger partial charge in [-0.2, -0.15) is 0 Å². The number of rotatable bonds is 9. The first-order valence-electron chi connectivity index (χ1n) is 8.16. The fourth-order valence-electron chi connectivity index (χ4n) is 2.17. The molecule has 0 heterocycles. The number of anilines is 2. The number of carbonyl (C=O) groups excluding carboxylic acids is 1. The fourth-order valence-corrected chi connectivity index (χ4v) is 3.36. The van der Waals surface area contributed by atoms with Crippen molar-refractivity contribution in [2.45, 2.75) is 24.7 Å². The van der Waals surface area contributed by atoms with Gasteiger partial charge in [0.05, 0.1) is 11.5 Å². The lowest BCUT2D eigenvalue weighted by atomic mass is 10.3. The van der Waals surface area contributed by atoms with E-state index in [0.29, 0.717) is 42.5 Å². The van der Waals surface area contributed by atoms with Gasteiger partial charge >= 0.3 is 0 Å². The topological polar surface area (TPSA) is 84.5 Å². The van der Waals surface area contributed by atoms with Crippen LogP contribution in [0.3, 0.4) is 0 Å². The van der Waals surface area contributed by atoms with Crippen molar-refractivity contribution in [1.82, 2.24) is 0 Å². The van der Waals surface area contributed by atoms with E-state index >= 15 is 0 Å². The summed E-state index contributed by atoms with van der Waals surface area (Å²) in [4.78, 5) is 11.8.